The number of primary amides is 1. The van der Waals surface area contributed by atoms with Crippen molar-refractivity contribution in [3.05, 3.63) is 94.5 Å². The molecule has 2 amide bonds. The Morgan fingerprint density at radius 1 is 1.00 bits per heavy atom. The van der Waals surface area contributed by atoms with E-state index in [1.807, 2.05) is 30.3 Å². The van der Waals surface area contributed by atoms with Crippen LogP contribution in [0, 0.1) is 0 Å². The van der Waals surface area contributed by atoms with E-state index in [2.05, 4.69) is 26.5 Å². The van der Waals surface area contributed by atoms with Crippen molar-refractivity contribution >= 4 is 44.0 Å². The molecule has 0 bridgehead atoms. The van der Waals surface area contributed by atoms with Gasteiger partial charge < -0.3 is 10.5 Å². The van der Waals surface area contributed by atoms with E-state index in [0.29, 0.717) is 17.7 Å². The van der Waals surface area contributed by atoms with Crippen LogP contribution in [-0.2, 0) is 26.0 Å². The molecule has 0 radical (unpaired) electrons. The minimum absolute atomic E-state index is 0.0914. The molecule has 11 heteroatoms. The van der Waals surface area contributed by atoms with E-state index in [9.17, 15) is 18.0 Å². The molecular formula is C25H25BrN4O5S. The van der Waals surface area contributed by atoms with Crippen LogP contribution >= 0.6 is 15.9 Å². The minimum atomic E-state index is -3.92. The second kappa shape index (κ2) is 13.0. The summed E-state index contributed by atoms with van der Waals surface area (Å²) in [6, 6.07) is 22.3. The molecule has 0 aliphatic heterocycles. The second-order valence-electron chi connectivity index (χ2n) is 7.65. The van der Waals surface area contributed by atoms with Crippen molar-refractivity contribution in [2.45, 2.75) is 11.3 Å². The van der Waals surface area contributed by atoms with E-state index >= 15 is 0 Å². The highest BCUT2D eigenvalue weighted by molar-refractivity contribution is 9.10. The molecule has 0 atom stereocenters. The lowest BCUT2D eigenvalue weighted by Gasteiger charge is -2.21. The summed E-state index contributed by atoms with van der Waals surface area (Å²) in [5, 5.41) is 3.92. The van der Waals surface area contributed by atoms with Gasteiger partial charge in [0.05, 0.1) is 17.7 Å². The second-order valence-corrected chi connectivity index (χ2v) is 10.5. The SMILES string of the molecule is NC(=O)COc1ccc(/C=N\NC(=O)CN(CCc2ccccc2)S(=O)(=O)c2ccc(Br)cc2)cc1. The number of rotatable bonds is 12. The van der Waals surface area contributed by atoms with Gasteiger partial charge in [-0.05, 0) is 66.1 Å². The number of ether oxygens (including phenoxy) is 1. The summed E-state index contributed by atoms with van der Waals surface area (Å²) in [6.07, 6.45) is 1.85. The molecular weight excluding hydrogens is 548 g/mol. The summed E-state index contributed by atoms with van der Waals surface area (Å²) in [6.45, 7) is -0.512. The Labute approximate surface area is 218 Å². The molecule has 0 heterocycles. The Balaban J connectivity index is 1.66. The van der Waals surface area contributed by atoms with E-state index < -0.39 is 28.4 Å². The summed E-state index contributed by atoms with van der Waals surface area (Å²) in [5.74, 6) is -0.702. The van der Waals surface area contributed by atoms with Gasteiger partial charge in [0.1, 0.15) is 5.75 Å². The van der Waals surface area contributed by atoms with Gasteiger partial charge in [-0.2, -0.15) is 9.41 Å². The molecule has 36 heavy (non-hydrogen) atoms. The Morgan fingerprint density at radius 2 is 1.67 bits per heavy atom. The smallest absolute Gasteiger partial charge is 0.255 e. The number of sulfonamides is 1. The van der Waals surface area contributed by atoms with E-state index in [1.165, 1.54) is 18.3 Å². The van der Waals surface area contributed by atoms with E-state index in [-0.39, 0.29) is 18.0 Å². The number of hydrogen-bond acceptors (Lipinski definition) is 6. The number of halogens is 1. The third-order valence-corrected chi connectivity index (χ3v) is 7.32. The number of nitrogens with one attached hydrogen (secondary N) is 1. The van der Waals surface area contributed by atoms with Gasteiger partial charge in [0.15, 0.2) is 6.61 Å². The fourth-order valence-corrected chi connectivity index (χ4v) is 4.78. The summed E-state index contributed by atoms with van der Waals surface area (Å²) in [7, 11) is -3.92. The molecule has 0 unspecified atom stereocenters. The van der Waals surface area contributed by atoms with Crippen molar-refractivity contribution in [2.24, 2.45) is 10.8 Å². The number of benzene rings is 3. The molecule has 0 aliphatic carbocycles. The molecule has 0 saturated heterocycles. The standard InChI is InChI=1S/C25H25BrN4O5S/c26-21-8-12-23(13-9-21)36(33,34)30(15-14-19-4-2-1-3-5-19)17-25(32)29-28-16-20-6-10-22(11-7-20)35-18-24(27)31/h1-13,16H,14-15,17-18H2,(H2,27,31)(H,29,32)/b28-16-. The van der Waals surface area contributed by atoms with Gasteiger partial charge in [0, 0.05) is 11.0 Å². The van der Waals surface area contributed by atoms with Gasteiger partial charge in [-0.1, -0.05) is 46.3 Å². The summed E-state index contributed by atoms with van der Waals surface area (Å²) in [4.78, 5) is 23.5. The van der Waals surface area contributed by atoms with Gasteiger partial charge >= 0.3 is 0 Å². The number of carbonyl (C=O) groups excluding carboxylic acids is 2. The lowest BCUT2D eigenvalue weighted by Crippen LogP contribution is -2.40. The highest BCUT2D eigenvalue weighted by Gasteiger charge is 2.26. The molecule has 3 aromatic rings. The van der Waals surface area contributed by atoms with Crippen LogP contribution in [0.15, 0.2) is 93.3 Å². The van der Waals surface area contributed by atoms with Crippen LogP contribution in [0.2, 0.25) is 0 Å². The molecule has 3 aromatic carbocycles. The maximum Gasteiger partial charge on any atom is 0.255 e. The molecule has 3 N–H and O–H groups in total. The maximum absolute atomic E-state index is 13.3. The number of nitrogens with zero attached hydrogens (tertiary/aromatic N) is 2. The largest absolute Gasteiger partial charge is 0.484 e. The van der Waals surface area contributed by atoms with Gasteiger partial charge in [0.2, 0.25) is 10.0 Å². The van der Waals surface area contributed by atoms with Crippen molar-refractivity contribution in [1.82, 2.24) is 9.73 Å². The molecule has 0 spiro atoms. The van der Waals surface area contributed by atoms with Crippen molar-refractivity contribution < 1.29 is 22.7 Å². The predicted octanol–water partition coefficient (Wildman–Crippen LogP) is 2.70. The predicted molar refractivity (Wildman–Crippen MR) is 140 cm³/mol. The lowest BCUT2D eigenvalue weighted by atomic mass is 10.1. The summed E-state index contributed by atoms with van der Waals surface area (Å²) in [5.41, 5.74) is 9.03. The van der Waals surface area contributed by atoms with Crippen molar-refractivity contribution in [3.63, 3.8) is 0 Å². The molecule has 0 fully saturated rings. The van der Waals surface area contributed by atoms with Gasteiger partial charge in [0.25, 0.3) is 11.8 Å². The average Bonchev–Trinajstić information content (AvgIpc) is 2.87. The normalized spacial score (nSPS) is 11.5. The molecule has 188 valence electrons. The van der Waals surface area contributed by atoms with Crippen LogP contribution in [-0.4, -0.2) is 50.4 Å². The van der Waals surface area contributed by atoms with Gasteiger partial charge in [-0.3, -0.25) is 9.59 Å². The van der Waals surface area contributed by atoms with Crippen LogP contribution in [0.25, 0.3) is 0 Å². The zero-order valence-corrected chi connectivity index (χ0v) is 21.6. The third kappa shape index (κ3) is 8.29. The Kier molecular flexibility index (Phi) is 9.74. The summed E-state index contributed by atoms with van der Waals surface area (Å²) < 4.78 is 33.6. The first-order chi connectivity index (χ1) is 17.2. The Bertz CT molecular complexity index is 1300. The maximum atomic E-state index is 13.3. The number of hydrazone groups is 1. The van der Waals surface area contributed by atoms with Crippen molar-refractivity contribution in [1.29, 1.82) is 0 Å². The van der Waals surface area contributed by atoms with E-state index in [4.69, 9.17) is 10.5 Å². The zero-order chi connectivity index (χ0) is 26.0. The quantitative estimate of drug-likeness (QED) is 0.254. The Morgan fingerprint density at radius 3 is 2.31 bits per heavy atom. The third-order valence-electron chi connectivity index (χ3n) is 4.93. The number of hydrogen-bond donors (Lipinski definition) is 2. The number of carbonyl (C=O) groups is 2. The molecule has 0 saturated carbocycles. The highest BCUT2D eigenvalue weighted by Crippen LogP contribution is 2.19. The zero-order valence-electron chi connectivity index (χ0n) is 19.2. The fourth-order valence-electron chi connectivity index (χ4n) is 3.12. The number of amides is 2. The Hall–Kier alpha value is -3.54. The molecule has 9 nitrogen and oxygen atoms in total. The van der Waals surface area contributed by atoms with Crippen LogP contribution in [0.3, 0.4) is 0 Å². The minimum Gasteiger partial charge on any atom is -0.484 e. The van der Waals surface area contributed by atoms with Crippen LogP contribution in [0.1, 0.15) is 11.1 Å². The van der Waals surface area contributed by atoms with E-state index in [0.717, 1.165) is 14.3 Å². The average molecular weight is 573 g/mol. The molecule has 3 rings (SSSR count). The van der Waals surface area contributed by atoms with Crippen molar-refractivity contribution in [3.8, 4) is 5.75 Å². The van der Waals surface area contributed by atoms with Crippen LogP contribution in [0.5, 0.6) is 5.75 Å². The molecule has 0 aromatic heterocycles. The molecule has 0 aliphatic rings. The van der Waals surface area contributed by atoms with Gasteiger partial charge in [-0.25, -0.2) is 13.8 Å². The van der Waals surface area contributed by atoms with Gasteiger partial charge in [-0.15, -0.1) is 0 Å². The number of nitrogens with two attached hydrogens (primary N) is 1. The first-order valence-corrected chi connectivity index (χ1v) is 13.1. The first kappa shape index (κ1) is 27.1. The lowest BCUT2D eigenvalue weighted by molar-refractivity contribution is -0.121. The first-order valence-electron chi connectivity index (χ1n) is 10.9. The van der Waals surface area contributed by atoms with Crippen molar-refractivity contribution in [2.75, 3.05) is 19.7 Å². The van der Waals surface area contributed by atoms with E-state index in [1.54, 1.807) is 36.4 Å². The monoisotopic (exact) mass is 572 g/mol. The fraction of sp³-hybridized carbons (Fsp3) is 0.160. The topological polar surface area (TPSA) is 131 Å². The van der Waals surface area contributed by atoms with Crippen LogP contribution < -0.4 is 15.9 Å². The highest BCUT2D eigenvalue weighted by atomic mass is 79.9. The van der Waals surface area contributed by atoms with Crippen LogP contribution in [0.4, 0.5) is 0 Å². The summed E-state index contributed by atoms with van der Waals surface area (Å²) >= 11 is 3.30.